The molecule has 0 spiro atoms. The van der Waals surface area contributed by atoms with Gasteiger partial charge in [0.2, 0.25) is 0 Å². The van der Waals surface area contributed by atoms with Crippen LogP contribution in [0.2, 0.25) is 0 Å². The summed E-state index contributed by atoms with van der Waals surface area (Å²) in [4.78, 5) is 4.25. The summed E-state index contributed by atoms with van der Waals surface area (Å²) >= 11 is 1.58. The second-order valence-electron chi connectivity index (χ2n) is 6.39. The molecule has 0 saturated heterocycles. The van der Waals surface area contributed by atoms with Crippen molar-refractivity contribution in [2.75, 3.05) is 0 Å². The Morgan fingerprint density at radius 1 is 1.27 bits per heavy atom. The van der Waals surface area contributed by atoms with Crippen LogP contribution in [0.25, 0.3) is 12.2 Å². The lowest BCUT2D eigenvalue weighted by molar-refractivity contribution is 0.0833. The number of aromatic nitrogens is 1. The predicted molar refractivity (Wildman–Crippen MR) is 91.7 cm³/mol. The molecule has 1 aromatic carbocycles. The molecule has 2 aromatic rings. The third-order valence-electron chi connectivity index (χ3n) is 4.31. The van der Waals surface area contributed by atoms with Gasteiger partial charge in [-0.1, -0.05) is 0 Å². The van der Waals surface area contributed by atoms with Gasteiger partial charge in [0.25, 0.3) is 0 Å². The highest BCUT2D eigenvalue weighted by atomic mass is 32.1. The molecule has 0 amide bonds. The average molecular weight is 315 g/mol. The summed E-state index contributed by atoms with van der Waals surface area (Å²) < 4.78 is 6.21. The van der Waals surface area contributed by atoms with E-state index in [2.05, 4.69) is 18.8 Å². The highest BCUT2D eigenvalue weighted by Gasteiger charge is 2.31. The van der Waals surface area contributed by atoms with Gasteiger partial charge in [0.1, 0.15) is 22.1 Å². The quantitative estimate of drug-likeness (QED) is 0.870. The Balaban J connectivity index is 2.12. The summed E-state index contributed by atoms with van der Waals surface area (Å²) in [5.74, 6) is 1.29. The number of nitrogens with zero attached hydrogens (tertiary/aromatic N) is 1. The lowest BCUT2D eigenvalue weighted by Gasteiger charge is -2.35. The zero-order valence-electron chi connectivity index (χ0n) is 13.4. The molecule has 2 heterocycles. The summed E-state index contributed by atoms with van der Waals surface area (Å²) in [6.45, 7) is 8.19. The minimum absolute atomic E-state index is 0.155. The van der Waals surface area contributed by atoms with E-state index in [0.29, 0.717) is 5.75 Å². The van der Waals surface area contributed by atoms with Gasteiger partial charge in [-0.25, -0.2) is 4.98 Å². The number of hydrogen-bond acceptors (Lipinski definition) is 4. The van der Waals surface area contributed by atoms with E-state index >= 15 is 0 Å². The third kappa shape index (κ3) is 2.63. The van der Waals surface area contributed by atoms with Gasteiger partial charge >= 0.3 is 0 Å². The second kappa shape index (κ2) is 5.43. The third-order valence-corrected chi connectivity index (χ3v) is 5.05. The van der Waals surface area contributed by atoms with Crippen molar-refractivity contribution in [3.63, 3.8) is 0 Å². The van der Waals surface area contributed by atoms with Crippen LogP contribution in [0.15, 0.2) is 11.6 Å². The van der Waals surface area contributed by atoms with Gasteiger partial charge < -0.3 is 9.84 Å². The molecule has 22 heavy (non-hydrogen) atoms. The van der Waals surface area contributed by atoms with Gasteiger partial charge in [-0.3, -0.25) is 0 Å². The molecule has 0 atom stereocenters. The van der Waals surface area contributed by atoms with Crippen LogP contribution in [0, 0.1) is 13.8 Å². The van der Waals surface area contributed by atoms with E-state index < -0.39 is 0 Å². The highest BCUT2D eigenvalue weighted by Crippen LogP contribution is 2.44. The van der Waals surface area contributed by atoms with Crippen LogP contribution >= 0.6 is 11.3 Å². The van der Waals surface area contributed by atoms with E-state index in [1.165, 1.54) is 0 Å². The van der Waals surface area contributed by atoms with E-state index in [1.807, 2.05) is 31.4 Å². The summed E-state index contributed by atoms with van der Waals surface area (Å²) in [5, 5.41) is 13.4. The molecule has 1 aromatic heterocycles. The molecule has 0 radical (unpaired) electrons. The minimum Gasteiger partial charge on any atom is -0.507 e. The van der Waals surface area contributed by atoms with Crippen LogP contribution < -0.4 is 4.74 Å². The summed E-state index contributed by atoms with van der Waals surface area (Å²) in [6.07, 6.45) is 7.55. The molecule has 0 bridgehead atoms. The predicted octanol–water partition coefficient (Wildman–Crippen LogP) is 4.74. The molecule has 3 nitrogen and oxygen atoms in total. The van der Waals surface area contributed by atoms with E-state index in [1.54, 1.807) is 17.5 Å². The number of ether oxygens (including phenoxy) is 1. The number of phenols is 1. The van der Waals surface area contributed by atoms with Crippen LogP contribution in [0.4, 0.5) is 0 Å². The number of benzene rings is 1. The molecule has 1 aliphatic heterocycles. The van der Waals surface area contributed by atoms with E-state index in [-0.39, 0.29) is 5.60 Å². The number of rotatable bonds is 2. The zero-order valence-corrected chi connectivity index (χ0v) is 14.3. The fourth-order valence-corrected chi connectivity index (χ4v) is 3.36. The Hall–Kier alpha value is -1.81. The minimum atomic E-state index is -0.155. The Bertz CT molecular complexity index is 730. The first-order valence-corrected chi connectivity index (χ1v) is 8.38. The van der Waals surface area contributed by atoms with Crippen LogP contribution in [0.1, 0.15) is 47.5 Å². The molecule has 0 fully saturated rings. The van der Waals surface area contributed by atoms with Crippen molar-refractivity contribution < 1.29 is 9.84 Å². The molecule has 0 unspecified atom stereocenters. The Morgan fingerprint density at radius 3 is 2.73 bits per heavy atom. The first kappa shape index (κ1) is 15.1. The molecule has 0 saturated carbocycles. The first-order valence-electron chi connectivity index (χ1n) is 7.50. The molecule has 4 heteroatoms. The Morgan fingerprint density at radius 2 is 2.05 bits per heavy atom. The van der Waals surface area contributed by atoms with Crippen molar-refractivity contribution in [3.8, 4) is 11.5 Å². The highest BCUT2D eigenvalue weighted by molar-refractivity contribution is 7.10. The van der Waals surface area contributed by atoms with Gasteiger partial charge in [-0.15, -0.1) is 11.3 Å². The van der Waals surface area contributed by atoms with Crippen molar-refractivity contribution in [2.45, 2.75) is 46.1 Å². The molecule has 0 aliphatic carbocycles. The number of aromatic hydroxyl groups is 1. The number of phenolic OH excluding ortho intramolecular Hbond substituents is 1. The Labute approximate surface area is 135 Å². The van der Waals surface area contributed by atoms with E-state index in [0.717, 1.165) is 45.9 Å². The Kier molecular flexibility index (Phi) is 3.73. The fourth-order valence-electron chi connectivity index (χ4n) is 2.83. The van der Waals surface area contributed by atoms with Crippen molar-refractivity contribution in [1.29, 1.82) is 0 Å². The lowest BCUT2D eigenvalue weighted by atomic mass is 9.87. The number of fused-ring (bicyclic) bond motifs is 1. The van der Waals surface area contributed by atoms with E-state index in [9.17, 15) is 5.11 Å². The SMILES string of the molecule is Cc1c(C)c2c(c(/C=C/c3nccs3)c1O)CCC(C)(C)O2. The van der Waals surface area contributed by atoms with Crippen molar-refractivity contribution in [1.82, 2.24) is 4.98 Å². The lowest BCUT2D eigenvalue weighted by Crippen LogP contribution is -2.33. The maximum atomic E-state index is 10.6. The molecular weight excluding hydrogens is 294 g/mol. The van der Waals surface area contributed by atoms with Crippen LogP contribution in [-0.4, -0.2) is 15.7 Å². The average Bonchev–Trinajstić information content (AvgIpc) is 2.98. The van der Waals surface area contributed by atoms with Gasteiger partial charge in [-0.2, -0.15) is 0 Å². The van der Waals surface area contributed by atoms with Gasteiger partial charge in [0.05, 0.1) is 0 Å². The second-order valence-corrected chi connectivity index (χ2v) is 7.31. The maximum Gasteiger partial charge on any atom is 0.127 e. The summed E-state index contributed by atoms with van der Waals surface area (Å²) in [6, 6.07) is 0. The molecule has 116 valence electrons. The number of thiazole rings is 1. The van der Waals surface area contributed by atoms with Crippen LogP contribution in [0.3, 0.4) is 0 Å². The van der Waals surface area contributed by atoms with Crippen LogP contribution in [-0.2, 0) is 6.42 Å². The van der Waals surface area contributed by atoms with Gasteiger partial charge in [0.15, 0.2) is 0 Å². The van der Waals surface area contributed by atoms with Crippen molar-refractivity contribution in [2.24, 2.45) is 0 Å². The molecular formula is C18H21NO2S. The van der Waals surface area contributed by atoms with Gasteiger partial charge in [-0.05, 0) is 63.8 Å². The van der Waals surface area contributed by atoms with E-state index in [4.69, 9.17) is 4.74 Å². The van der Waals surface area contributed by atoms with Crippen LogP contribution in [0.5, 0.6) is 11.5 Å². The molecule has 1 aliphatic rings. The van der Waals surface area contributed by atoms with Crippen molar-refractivity contribution >= 4 is 23.5 Å². The monoisotopic (exact) mass is 315 g/mol. The topological polar surface area (TPSA) is 42.4 Å². The normalized spacial score (nSPS) is 16.5. The van der Waals surface area contributed by atoms with Gasteiger partial charge in [0, 0.05) is 22.7 Å². The maximum absolute atomic E-state index is 10.6. The standard InChI is InChI=1S/C18H21NO2S/c1-11-12(2)17-14(7-8-18(3,4)21-17)13(16(11)20)5-6-15-19-9-10-22-15/h5-6,9-10,20H,7-8H2,1-4H3/b6-5+. The largest absolute Gasteiger partial charge is 0.507 e. The summed E-state index contributed by atoms with van der Waals surface area (Å²) in [7, 11) is 0. The van der Waals surface area contributed by atoms with Crippen molar-refractivity contribution in [3.05, 3.63) is 38.8 Å². The first-order chi connectivity index (χ1) is 10.4. The number of hydrogen-bond donors (Lipinski definition) is 1. The molecule has 3 rings (SSSR count). The smallest absolute Gasteiger partial charge is 0.127 e. The summed E-state index contributed by atoms with van der Waals surface area (Å²) in [5.41, 5.74) is 3.73. The molecule has 1 N–H and O–H groups in total. The zero-order chi connectivity index (χ0) is 15.9. The fraction of sp³-hybridized carbons (Fsp3) is 0.389.